The van der Waals surface area contributed by atoms with Gasteiger partial charge in [-0.25, -0.2) is 0 Å². The molecule has 0 unspecified atom stereocenters. The Kier molecular flexibility index (Phi) is 4.09. The minimum atomic E-state index is -0.506. The minimum Gasteiger partial charge on any atom is -0.457 e. The second kappa shape index (κ2) is 6.18. The van der Waals surface area contributed by atoms with Gasteiger partial charge in [0.1, 0.15) is 0 Å². The summed E-state index contributed by atoms with van der Waals surface area (Å²) in [6, 6.07) is 4.35. The Labute approximate surface area is 152 Å². The Balaban J connectivity index is 1.43. The molecule has 26 heavy (non-hydrogen) atoms. The smallest absolute Gasteiger partial charge is 0.312 e. The number of carbonyl (C=O) groups is 2. The van der Waals surface area contributed by atoms with Crippen molar-refractivity contribution in [3.8, 4) is 0 Å². The standard InChI is InChI=1S/C20H23NO5/c1-12-2-3-16(7-17(12)21(24)25)18(22)11-26-19(23)20-8-13-4-14(9-20)6-15(5-13)10-20/h2-3,7,13-15H,4-6,8-11H2,1H3. The Morgan fingerprint density at radius 1 is 1.15 bits per heavy atom. The number of ketones is 1. The number of hydrogen-bond donors (Lipinski definition) is 0. The molecule has 0 radical (unpaired) electrons. The molecule has 4 aliphatic carbocycles. The normalized spacial score (nSPS) is 31.7. The number of Topliss-reactive ketones (excluding diaryl/α,β-unsaturated/α-hetero) is 1. The van der Waals surface area contributed by atoms with Crippen molar-refractivity contribution in [3.05, 3.63) is 39.4 Å². The van der Waals surface area contributed by atoms with E-state index in [-0.39, 0.29) is 23.8 Å². The molecule has 1 aromatic carbocycles. The molecule has 0 amide bonds. The van der Waals surface area contributed by atoms with E-state index in [1.54, 1.807) is 19.1 Å². The van der Waals surface area contributed by atoms with Gasteiger partial charge in [0.2, 0.25) is 5.78 Å². The first-order chi connectivity index (χ1) is 12.4. The molecule has 0 heterocycles. The fourth-order valence-corrected chi connectivity index (χ4v) is 5.71. The van der Waals surface area contributed by atoms with Gasteiger partial charge in [-0.2, -0.15) is 0 Å². The summed E-state index contributed by atoms with van der Waals surface area (Å²) in [6.07, 6.45) is 6.38. The van der Waals surface area contributed by atoms with Gasteiger partial charge in [0.05, 0.1) is 10.3 Å². The summed E-state index contributed by atoms with van der Waals surface area (Å²) >= 11 is 0. The Morgan fingerprint density at radius 2 is 1.73 bits per heavy atom. The predicted octanol–water partition coefficient (Wildman–Crippen LogP) is 3.85. The first kappa shape index (κ1) is 17.2. The van der Waals surface area contributed by atoms with Crippen LogP contribution in [-0.4, -0.2) is 23.3 Å². The van der Waals surface area contributed by atoms with E-state index in [1.807, 2.05) is 0 Å². The molecule has 4 fully saturated rings. The van der Waals surface area contributed by atoms with Crippen LogP contribution in [0.4, 0.5) is 5.69 Å². The van der Waals surface area contributed by atoms with Crippen LogP contribution in [0.25, 0.3) is 0 Å². The van der Waals surface area contributed by atoms with Gasteiger partial charge in [0, 0.05) is 17.2 Å². The number of carbonyl (C=O) groups excluding carboxylic acids is 2. The minimum absolute atomic E-state index is 0.0942. The summed E-state index contributed by atoms with van der Waals surface area (Å²) in [5, 5.41) is 11.0. The first-order valence-electron chi connectivity index (χ1n) is 9.32. The van der Waals surface area contributed by atoms with Gasteiger partial charge in [0.15, 0.2) is 6.61 Å². The number of ether oxygens (including phenoxy) is 1. The maximum Gasteiger partial charge on any atom is 0.312 e. The maximum atomic E-state index is 12.8. The van der Waals surface area contributed by atoms with Crippen LogP contribution in [0.3, 0.4) is 0 Å². The summed E-state index contributed by atoms with van der Waals surface area (Å²) in [4.78, 5) is 35.7. The highest BCUT2D eigenvalue weighted by Gasteiger charge is 2.55. The Bertz CT molecular complexity index is 749. The molecule has 6 heteroatoms. The van der Waals surface area contributed by atoms with Gasteiger partial charge >= 0.3 is 5.97 Å². The molecule has 5 rings (SSSR count). The number of esters is 1. The van der Waals surface area contributed by atoms with Crippen molar-refractivity contribution >= 4 is 17.4 Å². The summed E-state index contributed by atoms with van der Waals surface area (Å²) < 4.78 is 5.42. The van der Waals surface area contributed by atoms with Crippen LogP contribution < -0.4 is 0 Å². The van der Waals surface area contributed by atoms with E-state index in [4.69, 9.17) is 4.74 Å². The molecule has 1 aromatic rings. The van der Waals surface area contributed by atoms with Gasteiger partial charge in [-0.3, -0.25) is 19.7 Å². The van der Waals surface area contributed by atoms with Gasteiger partial charge in [0.25, 0.3) is 5.69 Å². The second-order valence-electron chi connectivity index (χ2n) is 8.46. The van der Waals surface area contributed by atoms with E-state index in [1.165, 1.54) is 25.3 Å². The molecule has 4 bridgehead atoms. The van der Waals surface area contributed by atoms with E-state index in [9.17, 15) is 19.7 Å². The number of aryl methyl sites for hydroxylation is 1. The van der Waals surface area contributed by atoms with Crippen molar-refractivity contribution in [3.63, 3.8) is 0 Å². The van der Waals surface area contributed by atoms with Gasteiger partial charge in [-0.1, -0.05) is 12.1 Å². The fourth-order valence-electron chi connectivity index (χ4n) is 5.71. The molecular weight excluding hydrogens is 334 g/mol. The largest absolute Gasteiger partial charge is 0.457 e. The zero-order valence-electron chi connectivity index (χ0n) is 14.9. The molecule has 0 aromatic heterocycles. The van der Waals surface area contributed by atoms with Gasteiger partial charge in [-0.15, -0.1) is 0 Å². The molecule has 0 aliphatic heterocycles. The highest BCUT2D eigenvalue weighted by Crippen LogP contribution is 2.60. The zero-order chi connectivity index (χ0) is 18.5. The molecular formula is C20H23NO5. The van der Waals surface area contributed by atoms with Crippen molar-refractivity contribution in [2.24, 2.45) is 23.2 Å². The van der Waals surface area contributed by atoms with Crippen LogP contribution in [0, 0.1) is 40.2 Å². The lowest BCUT2D eigenvalue weighted by Crippen LogP contribution is -2.50. The molecule has 6 nitrogen and oxygen atoms in total. The van der Waals surface area contributed by atoms with Crippen LogP contribution in [0.1, 0.15) is 54.4 Å². The maximum absolute atomic E-state index is 12.8. The van der Waals surface area contributed by atoms with Crippen LogP contribution in [0.5, 0.6) is 0 Å². The molecule has 0 saturated heterocycles. The number of nitro benzene ring substituents is 1. The summed E-state index contributed by atoms with van der Waals surface area (Å²) in [6.45, 7) is 1.28. The summed E-state index contributed by atoms with van der Waals surface area (Å²) in [7, 11) is 0. The number of nitro groups is 1. The average Bonchev–Trinajstić information content (AvgIpc) is 2.58. The van der Waals surface area contributed by atoms with E-state index >= 15 is 0 Å². The van der Waals surface area contributed by atoms with Crippen LogP contribution in [-0.2, 0) is 9.53 Å². The van der Waals surface area contributed by atoms with Crippen LogP contribution in [0.2, 0.25) is 0 Å². The third-order valence-electron chi connectivity index (χ3n) is 6.53. The predicted molar refractivity (Wildman–Crippen MR) is 93.7 cm³/mol. The van der Waals surface area contributed by atoms with Crippen LogP contribution >= 0.6 is 0 Å². The van der Waals surface area contributed by atoms with Crippen molar-refractivity contribution < 1.29 is 19.2 Å². The Morgan fingerprint density at radius 3 is 2.27 bits per heavy atom. The second-order valence-corrected chi connectivity index (χ2v) is 8.46. The van der Waals surface area contributed by atoms with E-state index in [0.29, 0.717) is 23.3 Å². The van der Waals surface area contributed by atoms with Crippen molar-refractivity contribution in [1.82, 2.24) is 0 Å². The molecule has 0 spiro atoms. The monoisotopic (exact) mass is 357 g/mol. The quantitative estimate of drug-likeness (QED) is 0.346. The molecule has 4 saturated carbocycles. The summed E-state index contributed by atoms with van der Waals surface area (Å²) in [5.74, 6) is 1.25. The lowest BCUT2D eigenvalue weighted by Gasteiger charge is -2.55. The number of hydrogen-bond acceptors (Lipinski definition) is 5. The zero-order valence-corrected chi connectivity index (χ0v) is 14.9. The Hall–Kier alpha value is -2.24. The highest BCUT2D eigenvalue weighted by atomic mass is 16.6. The molecule has 0 N–H and O–H groups in total. The molecule has 138 valence electrons. The number of nitrogens with zero attached hydrogens (tertiary/aromatic N) is 1. The van der Waals surface area contributed by atoms with Gasteiger partial charge < -0.3 is 4.74 Å². The van der Waals surface area contributed by atoms with Crippen LogP contribution in [0.15, 0.2) is 18.2 Å². The van der Waals surface area contributed by atoms with E-state index in [0.717, 1.165) is 19.3 Å². The van der Waals surface area contributed by atoms with Crippen molar-refractivity contribution in [2.75, 3.05) is 6.61 Å². The van der Waals surface area contributed by atoms with E-state index in [2.05, 4.69) is 0 Å². The van der Waals surface area contributed by atoms with E-state index < -0.39 is 16.1 Å². The van der Waals surface area contributed by atoms with Crippen molar-refractivity contribution in [2.45, 2.75) is 45.4 Å². The van der Waals surface area contributed by atoms with Crippen molar-refractivity contribution in [1.29, 1.82) is 0 Å². The fraction of sp³-hybridized carbons (Fsp3) is 0.600. The SMILES string of the molecule is Cc1ccc(C(=O)COC(=O)C23CC4CC(CC(C4)C2)C3)cc1[N+](=O)[O-]. The lowest BCUT2D eigenvalue weighted by atomic mass is 9.49. The number of rotatable bonds is 5. The molecule has 4 aliphatic rings. The topological polar surface area (TPSA) is 86.5 Å². The summed E-state index contributed by atoms with van der Waals surface area (Å²) in [5.41, 5.74) is 0.217. The average molecular weight is 357 g/mol. The third kappa shape index (κ3) is 2.91. The molecule has 0 atom stereocenters. The third-order valence-corrected chi connectivity index (χ3v) is 6.53. The highest BCUT2D eigenvalue weighted by molar-refractivity contribution is 5.98. The lowest BCUT2D eigenvalue weighted by molar-refractivity contribution is -0.385. The first-order valence-corrected chi connectivity index (χ1v) is 9.32. The van der Waals surface area contributed by atoms with Gasteiger partial charge in [-0.05, 0) is 63.2 Å². The number of benzene rings is 1.